The van der Waals surface area contributed by atoms with Crippen molar-refractivity contribution in [3.63, 3.8) is 0 Å². The molecule has 4 nitrogen and oxygen atoms in total. The molecule has 1 rings (SSSR count). The topological polar surface area (TPSA) is 72.5 Å². The highest BCUT2D eigenvalue weighted by atomic mass is 16.5. The SMILES string of the molecule is CC(=O)Oc1cccc([C@H](O)CN)c1. The Labute approximate surface area is 82.3 Å². The van der Waals surface area contributed by atoms with E-state index < -0.39 is 6.10 Å². The van der Waals surface area contributed by atoms with Crippen LogP contribution in [0.1, 0.15) is 18.6 Å². The molecule has 0 heterocycles. The first-order valence-electron chi connectivity index (χ1n) is 4.30. The van der Waals surface area contributed by atoms with Crippen LogP contribution in [-0.4, -0.2) is 17.6 Å². The van der Waals surface area contributed by atoms with E-state index in [1.54, 1.807) is 24.3 Å². The van der Waals surface area contributed by atoms with Gasteiger partial charge in [-0.15, -0.1) is 0 Å². The normalized spacial score (nSPS) is 12.2. The molecule has 0 aromatic heterocycles. The Morgan fingerprint density at radius 2 is 2.36 bits per heavy atom. The van der Waals surface area contributed by atoms with Crippen LogP contribution in [0, 0.1) is 0 Å². The lowest BCUT2D eigenvalue weighted by Gasteiger charge is -2.09. The molecule has 0 unspecified atom stereocenters. The molecule has 76 valence electrons. The maximum Gasteiger partial charge on any atom is 0.308 e. The van der Waals surface area contributed by atoms with Gasteiger partial charge >= 0.3 is 5.97 Å². The van der Waals surface area contributed by atoms with E-state index in [9.17, 15) is 9.90 Å². The molecule has 1 aromatic carbocycles. The lowest BCUT2D eigenvalue weighted by Crippen LogP contribution is -2.11. The smallest absolute Gasteiger partial charge is 0.308 e. The Hall–Kier alpha value is -1.39. The van der Waals surface area contributed by atoms with Crippen LogP contribution in [0.3, 0.4) is 0 Å². The van der Waals surface area contributed by atoms with Gasteiger partial charge in [0.1, 0.15) is 5.75 Å². The molecular formula is C10H13NO3. The number of nitrogens with two attached hydrogens (primary N) is 1. The van der Waals surface area contributed by atoms with Gasteiger partial charge in [0, 0.05) is 13.5 Å². The van der Waals surface area contributed by atoms with Crippen molar-refractivity contribution >= 4 is 5.97 Å². The fourth-order valence-electron chi connectivity index (χ4n) is 1.09. The fraction of sp³-hybridized carbons (Fsp3) is 0.300. The molecule has 3 N–H and O–H groups in total. The molecule has 0 fully saturated rings. The van der Waals surface area contributed by atoms with Crippen molar-refractivity contribution in [3.05, 3.63) is 29.8 Å². The number of rotatable bonds is 3. The zero-order chi connectivity index (χ0) is 10.6. The third kappa shape index (κ3) is 2.83. The second-order valence-corrected chi connectivity index (χ2v) is 2.92. The first kappa shape index (κ1) is 10.7. The van der Waals surface area contributed by atoms with Crippen molar-refractivity contribution in [2.24, 2.45) is 5.73 Å². The van der Waals surface area contributed by atoms with E-state index in [2.05, 4.69) is 0 Å². The molecule has 0 saturated heterocycles. The average molecular weight is 195 g/mol. The Balaban J connectivity index is 2.83. The number of hydrogen-bond donors (Lipinski definition) is 2. The summed E-state index contributed by atoms with van der Waals surface area (Å²) in [6, 6.07) is 6.67. The van der Waals surface area contributed by atoms with E-state index in [1.807, 2.05) is 0 Å². The predicted molar refractivity (Wildman–Crippen MR) is 51.8 cm³/mol. The minimum Gasteiger partial charge on any atom is -0.427 e. The lowest BCUT2D eigenvalue weighted by atomic mass is 10.1. The molecule has 0 amide bonds. The van der Waals surface area contributed by atoms with Gasteiger partial charge in [0.25, 0.3) is 0 Å². The second kappa shape index (κ2) is 4.74. The quantitative estimate of drug-likeness (QED) is 0.547. The molecule has 4 heteroatoms. The van der Waals surface area contributed by atoms with Gasteiger partial charge in [0.05, 0.1) is 6.10 Å². The monoisotopic (exact) mass is 195 g/mol. The van der Waals surface area contributed by atoms with Gasteiger partial charge in [-0.3, -0.25) is 4.79 Å². The third-order valence-corrected chi connectivity index (χ3v) is 1.73. The van der Waals surface area contributed by atoms with Crippen molar-refractivity contribution in [1.29, 1.82) is 0 Å². The number of ether oxygens (including phenoxy) is 1. The number of aliphatic hydroxyl groups excluding tert-OH is 1. The first-order valence-corrected chi connectivity index (χ1v) is 4.30. The molecular weight excluding hydrogens is 182 g/mol. The van der Waals surface area contributed by atoms with Crippen molar-refractivity contribution in [2.75, 3.05) is 6.54 Å². The van der Waals surface area contributed by atoms with Gasteiger partial charge in [-0.05, 0) is 17.7 Å². The van der Waals surface area contributed by atoms with Crippen molar-refractivity contribution in [2.45, 2.75) is 13.0 Å². The van der Waals surface area contributed by atoms with E-state index in [0.29, 0.717) is 11.3 Å². The van der Waals surface area contributed by atoms with Crippen LogP contribution in [0.5, 0.6) is 5.75 Å². The lowest BCUT2D eigenvalue weighted by molar-refractivity contribution is -0.131. The summed E-state index contributed by atoms with van der Waals surface area (Å²) in [7, 11) is 0. The van der Waals surface area contributed by atoms with E-state index in [4.69, 9.17) is 10.5 Å². The summed E-state index contributed by atoms with van der Waals surface area (Å²) in [5.74, 6) is 0.0342. The van der Waals surface area contributed by atoms with Gasteiger partial charge < -0.3 is 15.6 Å². The summed E-state index contributed by atoms with van der Waals surface area (Å²) >= 11 is 0. The number of carbonyl (C=O) groups is 1. The van der Waals surface area contributed by atoms with Gasteiger partial charge in [-0.1, -0.05) is 12.1 Å². The standard InChI is InChI=1S/C10H13NO3/c1-7(12)14-9-4-2-3-8(5-9)10(13)6-11/h2-5,10,13H,6,11H2,1H3/t10-/m1/s1. The van der Waals surface area contributed by atoms with Crippen LogP contribution < -0.4 is 10.5 Å². The fourth-order valence-corrected chi connectivity index (χ4v) is 1.09. The van der Waals surface area contributed by atoms with Gasteiger partial charge in [-0.2, -0.15) is 0 Å². The second-order valence-electron chi connectivity index (χ2n) is 2.92. The Morgan fingerprint density at radius 3 is 2.93 bits per heavy atom. The highest BCUT2D eigenvalue weighted by molar-refractivity contribution is 5.69. The molecule has 0 spiro atoms. The first-order chi connectivity index (χ1) is 6.63. The third-order valence-electron chi connectivity index (χ3n) is 1.73. The maximum atomic E-state index is 10.7. The maximum absolute atomic E-state index is 10.7. The van der Waals surface area contributed by atoms with Crippen LogP contribution in [0.4, 0.5) is 0 Å². The highest BCUT2D eigenvalue weighted by Gasteiger charge is 2.06. The van der Waals surface area contributed by atoms with Crippen LogP contribution in [0.25, 0.3) is 0 Å². The molecule has 0 aliphatic carbocycles. The van der Waals surface area contributed by atoms with E-state index in [-0.39, 0.29) is 12.5 Å². The molecule has 0 aliphatic rings. The Kier molecular flexibility index (Phi) is 3.62. The number of carbonyl (C=O) groups excluding carboxylic acids is 1. The van der Waals surface area contributed by atoms with Gasteiger partial charge in [0.2, 0.25) is 0 Å². The zero-order valence-corrected chi connectivity index (χ0v) is 7.93. The summed E-state index contributed by atoms with van der Waals surface area (Å²) < 4.78 is 4.86. The summed E-state index contributed by atoms with van der Waals surface area (Å²) in [6.07, 6.45) is -0.717. The molecule has 0 aliphatic heterocycles. The summed E-state index contributed by atoms with van der Waals surface area (Å²) in [5.41, 5.74) is 5.94. The van der Waals surface area contributed by atoms with Crippen LogP contribution in [0.15, 0.2) is 24.3 Å². The Morgan fingerprint density at radius 1 is 1.64 bits per heavy atom. The number of aliphatic hydroxyl groups is 1. The number of benzene rings is 1. The predicted octanol–water partition coefficient (Wildman–Crippen LogP) is 0.604. The molecule has 0 saturated carbocycles. The van der Waals surface area contributed by atoms with E-state index in [0.717, 1.165) is 0 Å². The largest absolute Gasteiger partial charge is 0.427 e. The summed E-state index contributed by atoms with van der Waals surface area (Å²) in [4.78, 5) is 10.7. The Bertz CT molecular complexity index is 325. The molecule has 0 radical (unpaired) electrons. The van der Waals surface area contributed by atoms with E-state index in [1.165, 1.54) is 6.92 Å². The average Bonchev–Trinajstić information content (AvgIpc) is 2.16. The zero-order valence-electron chi connectivity index (χ0n) is 7.93. The van der Waals surface area contributed by atoms with Gasteiger partial charge in [-0.25, -0.2) is 0 Å². The van der Waals surface area contributed by atoms with E-state index >= 15 is 0 Å². The molecule has 14 heavy (non-hydrogen) atoms. The van der Waals surface area contributed by atoms with Crippen molar-refractivity contribution < 1.29 is 14.6 Å². The molecule has 0 bridgehead atoms. The van der Waals surface area contributed by atoms with Crippen LogP contribution in [-0.2, 0) is 4.79 Å². The highest BCUT2D eigenvalue weighted by Crippen LogP contribution is 2.18. The van der Waals surface area contributed by atoms with Crippen LogP contribution in [0.2, 0.25) is 0 Å². The minimum absolute atomic E-state index is 0.142. The number of esters is 1. The van der Waals surface area contributed by atoms with Crippen molar-refractivity contribution in [3.8, 4) is 5.75 Å². The number of hydrogen-bond acceptors (Lipinski definition) is 4. The summed E-state index contributed by atoms with van der Waals surface area (Å²) in [6.45, 7) is 1.47. The summed E-state index contributed by atoms with van der Waals surface area (Å²) in [5, 5.41) is 9.42. The minimum atomic E-state index is -0.717. The van der Waals surface area contributed by atoms with Crippen molar-refractivity contribution in [1.82, 2.24) is 0 Å². The molecule has 1 atom stereocenters. The van der Waals surface area contributed by atoms with Gasteiger partial charge in [0.15, 0.2) is 0 Å². The van der Waals surface area contributed by atoms with Crippen LogP contribution >= 0.6 is 0 Å². The molecule has 1 aromatic rings.